The Bertz CT molecular complexity index is 823. The van der Waals surface area contributed by atoms with E-state index in [-0.39, 0.29) is 5.91 Å². The van der Waals surface area contributed by atoms with E-state index in [2.05, 4.69) is 20.8 Å². The second-order valence-corrected chi connectivity index (χ2v) is 5.22. The van der Waals surface area contributed by atoms with Crippen molar-refractivity contribution >= 4 is 11.6 Å². The van der Waals surface area contributed by atoms with Crippen LogP contribution >= 0.6 is 0 Å². The summed E-state index contributed by atoms with van der Waals surface area (Å²) in [6.45, 7) is 4.64. The number of hydrogen-bond donors (Lipinski definition) is 1. The first-order valence-corrected chi connectivity index (χ1v) is 7.42. The molecule has 3 aromatic rings. The normalized spacial score (nSPS) is 10.5. The molecule has 6 heteroatoms. The zero-order chi connectivity index (χ0) is 16.2. The fourth-order valence-electron chi connectivity index (χ4n) is 2.26. The molecule has 0 atom stereocenters. The van der Waals surface area contributed by atoms with Gasteiger partial charge in [0.25, 0.3) is 5.91 Å². The highest BCUT2D eigenvalue weighted by atomic mass is 16.1. The lowest BCUT2D eigenvalue weighted by atomic mass is 10.1. The highest BCUT2D eigenvalue weighted by Crippen LogP contribution is 2.18. The Morgan fingerprint density at radius 3 is 2.70 bits per heavy atom. The third-order valence-electron chi connectivity index (χ3n) is 3.52. The number of nitrogens with zero attached hydrogens (tertiary/aromatic N) is 4. The van der Waals surface area contributed by atoms with Crippen molar-refractivity contribution in [3.63, 3.8) is 0 Å². The number of carbonyl (C=O) groups excluding carboxylic acids is 1. The van der Waals surface area contributed by atoms with Crippen molar-refractivity contribution in [2.24, 2.45) is 0 Å². The molecule has 0 aliphatic carbocycles. The van der Waals surface area contributed by atoms with Crippen molar-refractivity contribution in [1.29, 1.82) is 0 Å². The van der Waals surface area contributed by atoms with Crippen molar-refractivity contribution in [2.45, 2.75) is 20.4 Å². The maximum Gasteiger partial charge on any atom is 0.255 e. The minimum absolute atomic E-state index is 0.161. The third-order valence-corrected chi connectivity index (χ3v) is 3.52. The number of rotatable bonds is 4. The van der Waals surface area contributed by atoms with Gasteiger partial charge in [-0.3, -0.25) is 4.79 Å². The van der Waals surface area contributed by atoms with Gasteiger partial charge in [0.05, 0.1) is 0 Å². The molecule has 1 aromatic heterocycles. The molecular formula is C17H17N5O. The van der Waals surface area contributed by atoms with Crippen LogP contribution in [0.3, 0.4) is 0 Å². The third kappa shape index (κ3) is 3.26. The number of aromatic nitrogens is 4. The van der Waals surface area contributed by atoms with Gasteiger partial charge in [-0.25, -0.2) is 4.68 Å². The second kappa shape index (κ2) is 6.39. The maximum absolute atomic E-state index is 12.4. The quantitative estimate of drug-likeness (QED) is 0.804. The topological polar surface area (TPSA) is 72.7 Å². The van der Waals surface area contributed by atoms with Crippen molar-refractivity contribution in [2.75, 3.05) is 5.32 Å². The summed E-state index contributed by atoms with van der Waals surface area (Å²) >= 11 is 0. The summed E-state index contributed by atoms with van der Waals surface area (Å²) in [5.74, 6) is 0.490. The molecule has 0 fully saturated rings. The standard InChI is InChI=1S/C17H17N5O/c1-3-22-16(19-20-21-22)13-5-4-6-14(11-13)17(23)18-15-9-7-12(2)8-10-15/h4-11H,3H2,1-2H3,(H,18,23). The highest BCUT2D eigenvalue weighted by molar-refractivity contribution is 6.04. The van der Waals surface area contributed by atoms with E-state index >= 15 is 0 Å². The van der Waals surface area contributed by atoms with Gasteiger partial charge in [0, 0.05) is 23.4 Å². The number of carbonyl (C=O) groups is 1. The Balaban J connectivity index is 1.84. The summed E-state index contributed by atoms with van der Waals surface area (Å²) < 4.78 is 1.69. The smallest absolute Gasteiger partial charge is 0.255 e. The monoisotopic (exact) mass is 307 g/mol. The van der Waals surface area contributed by atoms with Crippen molar-refractivity contribution in [1.82, 2.24) is 20.2 Å². The van der Waals surface area contributed by atoms with E-state index in [0.29, 0.717) is 17.9 Å². The molecule has 1 amide bonds. The minimum atomic E-state index is -0.161. The van der Waals surface area contributed by atoms with Gasteiger partial charge in [0.2, 0.25) is 0 Å². The average Bonchev–Trinajstić information content (AvgIpc) is 3.06. The van der Waals surface area contributed by atoms with E-state index in [9.17, 15) is 4.79 Å². The minimum Gasteiger partial charge on any atom is -0.322 e. The molecule has 0 saturated heterocycles. The number of benzene rings is 2. The van der Waals surface area contributed by atoms with Gasteiger partial charge < -0.3 is 5.32 Å². The Kier molecular flexibility index (Phi) is 4.14. The van der Waals surface area contributed by atoms with E-state index in [1.165, 1.54) is 0 Å². The van der Waals surface area contributed by atoms with Crippen molar-refractivity contribution in [3.05, 3.63) is 59.7 Å². The molecule has 2 aromatic carbocycles. The Hall–Kier alpha value is -3.02. The zero-order valence-electron chi connectivity index (χ0n) is 13.0. The molecule has 0 aliphatic heterocycles. The molecule has 0 spiro atoms. The van der Waals surface area contributed by atoms with Gasteiger partial charge in [0.1, 0.15) is 0 Å². The number of hydrogen-bond acceptors (Lipinski definition) is 4. The number of amides is 1. The van der Waals surface area contributed by atoms with Crippen LogP contribution in [0, 0.1) is 6.92 Å². The number of anilines is 1. The fraction of sp³-hybridized carbons (Fsp3) is 0.176. The van der Waals surface area contributed by atoms with Crippen LogP contribution < -0.4 is 5.32 Å². The summed E-state index contributed by atoms with van der Waals surface area (Å²) in [6.07, 6.45) is 0. The molecule has 6 nitrogen and oxygen atoms in total. The molecule has 0 unspecified atom stereocenters. The van der Waals surface area contributed by atoms with E-state index < -0.39 is 0 Å². The summed E-state index contributed by atoms with van der Waals surface area (Å²) in [4.78, 5) is 12.4. The lowest BCUT2D eigenvalue weighted by molar-refractivity contribution is 0.102. The molecule has 0 bridgehead atoms. The Labute approximate surface area is 134 Å². The SMILES string of the molecule is CCn1nnnc1-c1cccc(C(=O)Nc2ccc(C)cc2)c1. The number of aryl methyl sites for hydroxylation is 2. The van der Waals surface area contributed by atoms with Gasteiger partial charge in [-0.2, -0.15) is 0 Å². The predicted octanol–water partition coefficient (Wildman–Crippen LogP) is 2.92. The van der Waals surface area contributed by atoms with E-state index in [0.717, 1.165) is 16.8 Å². The van der Waals surface area contributed by atoms with E-state index in [4.69, 9.17) is 0 Å². The molecule has 3 rings (SSSR count). The molecule has 1 N–H and O–H groups in total. The van der Waals surface area contributed by atoms with Gasteiger partial charge in [0.15, 0.2) is 5.82 Å². The van der Waals surface area contributed by atoms with Crippen molar-refractivity contribution in [3.8, 4) is 11.4 Å². The van der Waals surface area contributed by atoms with Gasteiger partial charge in [-0.05, 0) is 48.5 Å². The van der Waals surface area contributed by atoms with Crippen LogP contribution in [0.2, 0.25) is 0 Å². The summed E-state index contributed by atoms with van der Waals surface area (Å²) in [6, 6.07) is 15.0. The van der Waals surface area contributed by atoms with Crippen LogP contribution in [-0.4, -0.2) is 26.1 Å². The average molecular weight is 307 g/mol. The van der Waals surface area contributed by atoms with Gasteiger partial charge >= 0.3 is 0 Å². The molecule has 1 heterocycles. The largest absolute Gasteiger partial charge is 0.322 e. The molecule has 23 heavy (non-hydrogen) atoms. The summed E-state index contributed by atoms with van der Waals surface area (Å²) in [5, 5.41) is 14.5. The predicted molar refractivity (Wildman–Crippen MR) is 88.1 cm³/mol. The first-order valence-electron chi connectivity index (χ1n) is 7.42. The number of nitrogens with one attached hydrogen (secondary N) is 1. The molecule has 0 radical (unpaired) electrons. The molecule has 0 saturated carbocycles. The summed E-state index contributed by atoms with van der Waals surface area (Å²) in [5.41, 5.74) is 3.29. The van der Waals surface area contributed by atoms with Crippen LogP contribution in [-0.2, 0) is 6.54 Å². The maximum atomic E-state index is 12.4. The lowest BCUT2D eigenvalue weighted by Crippen LogP contribution is -2.12. The first kappa shape index (κ1) is 14.9. The Morgan fingerprint density at radius 2 is 1.96 bits per heavy atom. The Morgan fingerprint density at radius 1 is 1.17 bits per heavy atom. The zero-order valence-corrected chi connectivity index (χ0v) is 13.0. The van der Waals surface area contributed by atoms with E-state index in [1.807, 2.05) is 50.2 Å². The van der Waals surface area contributed by atoms with Crippen LogP contribution in [0.25, 0.3) is 11.4 Å². The van der Waals surface area contributed by atoms with Crippen LogP contribution in [0.1, 0.15) is 22.8 Å². The van der Waals surface area contributed by atoms with Crippen LogP contribution in [0.4, 0.5) is 5.69 Å². The number of tetrazole rings is 1. The van der Waals surface area contributed by atoms with Crippen LogP contribution in [0.5, 0.6) is 0 Å². The van der Waals surface area contributed by atoms with Crippen molar-refractivity contribution < 1.29 is 4.79 Å². The van der Waals surface area contributed by atoms with Crippen LogP contribution in [0.15, 0.2) is 48.5 Å². The highest BCUT2D eigenvalue weighted by Gasteiger charge is 2.11. The lowest BCUT2D eigenvalue weighted by Gasteiger charge is -2.07. The molecule has 116 valence electrons. The van der Waals surface area contributed by atoms with Gasteiger partial charge in [-0.15, -0.1) is 5.10 Å². The molecular weight excluding hydrogens is 290 g/mol. The van der Waals surface area contributed by atoms with E-state index in [1.54, 1.807) is 16.8 Å². The molecule has 0 aliphatic rings. The fourth-order valence-corrected chi connectivity index (χ4v) is 2.26. The summed E-state index contributed by atoms with van der Waals surface area (Å²) in [7, 11) is 0. The second-order valence-electron chi connectivity index (χ2n) is 5.22. The van der Waals surface area contributed by atoms with Gasteiger partial charge in [-0.1, -0.05) is 29.8 Å². The first-order chi connectivity index (χ1) is 11.2.